The van der Waals surface area contributed by atoms with E-state index < -0.39 is 0 Å². The summed E-state index contributed by atoms with van der Waals surface area (Å²) in [5, 5.41) is 15.6. The minimum atomic E-state index is -0.329. The average Bonchev–Trinajstić information content (AvgIpc) is 2.52. The van der Waals surface area contributed by atoms with Crippen LogP contribution in [0.15, 0.2) is 18.3 Å². The van der Waals surface area contributed by atoms with E-state index in [1.165, 1.54) is 12.2 Å². The van der Waals surface area contributed by atoms with Crippen LogP contribution in [-0.2, 0) is 9.59 Å². The summed E-state index contributed by atoms with van der Waals surface area (Å²) in [7, 11) is 0. The fourth-order valence-electron chi connectivity index (χ4n) is 0.605. The quantitative estimate of drug-likeness (QED) is 0.518. The zero-order valence-electron chi connectivity index (χ0n) is 7.34. The van der Waals surface area contributed by atoms with Crippen LogP contribution in [0.25, 0.3) is 0 Å². The molecular formula is C7H7N5O2. The zero-order valence-corrected chi connectivity index (χ0v) is 7.34. The summed E-state index contributed by atoms with van der Waals surface area (Å²) in [5.41, 5.74) is 0.787. The fraction of sp³-hybridized carbons (Fsp3) is 0.143. The highest BCUT2D eigenvalue weighted by Crippen LogP contribution is 1.82. The molecule has 1 aliphatic heterocycles. The lowest BCUT2D eigenvalue weighted by Crippen LogP contribution is -2.19. The molecule has 7 heteroatoms. The molecule has 0 spiro atoms. The van der Waals surface area contributed by atoms with E-state index in [0.717, 1.165) is 5.69 Å². The molecule has 0 saturated carbocycles. The number of rotatable bonds is 0. The van der Waals surface area contributed by atoms with Crippen molar-refractivity contribution < 1.29 is 9.59 Å². The molecule has 0 aromatic carbocycles. The summed E-state index contributed by atoms with van der Waals surface area (Å²) in [6.07, 6.45) is 3.94. The van der Waals surface area contributed by atoms with Gasteiger partial charge in [0.2, 0.25) is 0 Å². The van der Waals surface area contributed by atoms with Crippen LogP contribution >= 0.6 is 0 Å². The molecule has 0 radical (unpaired) electrons. The maximum atomic E-state index is 10.0. The summed E-state index contributed by atoms with van der Waals surface area (Å²) in [4.78, 5) is 20.1. The van der Waals surface area contributed by atoms with Gasteiger partial charge in [-0.1, -0.05) is 0 Å². The van der Waals surface area contributed by atoms with Crippen molar-refractivity contribution in [2.75, 3.05) is 0 Å². The highest BCUT2D eigenvalue weighted by Gasteiger charge is 2.06. The second kappa shape index (κ2) is 4.75. The van der Waals surface area contributed by atoms with E-state index in [0.29, 0.717) is 0 Å². The number of carbonyl (C=O) groups excluding carboxylic acids is 2. The van der Waals surface area contributed by atoms with Crippen molar-refractivity contribution in [2.24, 2.45) is 0 Å². The van der Waals surface area contributed by atoms with Crippen LogP contribution in [0.2, 0.25) is 0 Å². The topological polar surface area (TPSA) is 97.7 Å². The number of aromatic nitrogens is 4. The molecule has 1 aromatic rings. The number of carbonyl (C=O) groups is 2. The molecule has 2 rings (SSSR count). The number of nitrogens with zero attached hydrogens (tertiary/aromatic N) is 4. The van der Waals surface area contributed by atoms with Crippen LogP contribution < -0.4 is 5.32 Å². The molecule has 14 heavy (non-hydrogen) atoms. The Morgan fingerprint density at radius 3 is 2.00 bits per heavy atom. The molecule has 0 fully saturated rings. The van der Waals surface area contributed by atoms with Gasteiger partial charge in [0.05, 0.1) is 11.9 Å². The third kappa shape index (κ3) is 3.48. The van der Waals surface area contributed by atoms with Gasteiger partial charge in [0.1, 0.15) is 0 Å². The molecule has 2 heterocycles. The molecule has 0 aliphatic carbocycles. The normalized spacial score (nSPS) is 13.2. The standard InChI is InChI=1S/C4H3NO2.C3H4N4/c6-3-1-2-4(7)5-3;1-3-2-4-6-7-5-3/h1-2H,(H,5,6,7);2H,1H3. The van der Waals surface area contributed by atoms with E-state index in [4.69, 9.17) is 0 Å². The summed E-state index contributed by atoms with van der Waals surface area (Å²) >= 11 is 0. The van der Waals surface area contributed by atoms with Crippen LogP contribution in [0.3, 0.4) is 0 Å². The average molecular weight is 193 g/mol. The largest absolute Gasteiger partial charge is 0.289 e. The van der Waals surface area contributed by atoms with Crippen LogP contribution in [0, 0.1) is 6.92 Å². The first kappa shape index (κ1) is 9.90. The maximum Gasteiger partial charge on any atom is 0.250 e. The highest BCUT2D eigenvalue weighted by atomic mass is 16.2. The molecular weight excluding hydrogens is 186 g/mol. The predicted molar refractivity (Wildman–Crippen MR) is 44.6 cm³/mol. The Morgan fingerprint density at radius 2 is 1.79 bits per heavy atom. The number of nitrogens with one attached hydrogen (secondary N) is 1. The van der Waals surface area contributed by atoms with Crippen molar-refractivity contribution in [3.05, 3.63) is 24.0 Å². The molecule has 0 unspecified atom stereocenters. The Kier molecular flexibility index (Phi) is 3.36. The Bertz CT molecular complexity index is 346. The van der Waals surface area contributed by atoms with Crippen molar-refractivity contribution >= 4 is 11.8 Å². The highest BCUT2D eigenvalue weighted by molar-refractivity contribution is 6.12. The summed E-state index contributed by atoms with van der Waals surface area (Å²) in [6, 6.07) is 0. The van der Waals surface area contributed by atoms with Crippen molar-refractivity contribution in [2.45, 2.75) is 6.92 Å². The Balaban J connectivity index is 0.000000140. The van der Waals surface area contributed by atoms with Crippen molar-refractivity contribution in [1.29, 1.82) is 0 Å². The van der Waals surface area contributed by atoms with Gasteiger partial charge in [0.25, 0.3) is 11.8 Å². The van der Waals surface area contributed by atoms with Crippen LogP contribution in [0.1, 0.15) is 5.69 Å². The van der Waals surface area contributed by atoms with Gasteiger partial charge < -0.3 is 0 Å². The van der Waals surface area contributed by atoms with Gasteiger partial charge in [-0.05, 0) is 17.4 Å². The summed E-state index contributed by atoms with van der Waals surface area (Å²) in [5.74, 6) is -0.657. The fourth-order valence-corrected chi connectivity index (χ4v) is 0.605. The number of imide groups is 1. The number of aryl methyl sites for hydroxylation is 1. The van der Waals surface area contributed by atoms with Gasteiger partial charge in [-0.2, -0.15) is 0 Å². The van der Waals surface area contributed by atoms with Crippen molar-refractivity contribution in [3.63, 3.8) is 0 Å². The molecule has 0 saturated heterocycles. The number of amides is 2. The predicted octanol–water partition coefficient (Wildman–Crippen LogP) is -1.23. The molecule has 2 amide bonds. The Labute approximate surface area is 79.2 Å². The van der Waals surface area contributed by atoms with E-state index in [1.807, 2.05) is 12.2 Å². The molecule has 72 valence electrons. The monoisotopic (exact) mass is 193 g/mol. The van der Waals surface area contributed by atoms with Crippen molar-refractivity contribution in [3.8, 4) is 0 Å². The molecule has 1 N–H and O–H groups in total. The van der Waals surface area contributed by atoms with E-state index in [1.54, 1.807) is 6.20 Å². The molecule has 1 aliphatic rings. The number of hydrogen-bond acceptors (Lipinski definition) is 6. The lowest BCUT2D eigenvalue weighted by atomic mass is 10.6. The molecule has 0 bridgehead atoms. The zero-order chi connectivity index (χ0) is 10.4. The van der Waals surface area contributed by atoms with Gasteiger partial charge in [0.15, 0.2) is 0 Å². The maximum absolute atomic E-state index is 10.0. The lowest BCUT2D eigenvalue weighted by Gasteiger charge is -1.80. The third-order valence-electron chi connectivity index (χ3n) is 1.17. The van der Waals surface area contributed by atoms with Crippen LogP contribution in [-0.4, -0.2) is 32.4 Å². The van der Waals surface area contributed by atoms with Gasteiger partial charge in [-0.25, -0.2) is 0 Å². The van der Waals surface area contributed by atoms with Gasteiger partial charge in [0, 0.05) is 12.2 Å². The third-order valence-corrected chi connectivity index (χ3v) is 1.17. The first-order valence-electron chi connectivity index (χ1n) is 3.69. The first-order chi connectivity index (χ1) is 6.68. The second-order valence-electron chi connectivity index (χ2n) is 2.35. The van der Waals surface area contributed by atoms with Gasteiger partial charge in [-0.15, -0.1) is 10.2 Å². The minimum absolute atomic E-state index is 0.329. The number of hydrogen-bond donors (Lipinski definition) is 1. The summed E-state index contributed by atoms with van der Waals surface area (Å²) < 4.78 is 0. The minimum Gasteiger partial charge on any atom is -0.289 e. The smallest absolute Gasteiger partial charge is 0.250 e. The van der Waals surface area contributed by atoms with Crippen LogP contribution in [0.4, 0.5) is 0 Å². The van der Waals surface area contributed by atoms with Gasteiger partial charge in [-0.3, -0.25) is 14.9 Å². The lowest BCUT2D eigenvalue weighted by molar-refractivity contribution is -0.123. The molecule has 1 aromatic heterocycles. The molecule has 0 atom stereocenters. The van der Waals surface area contributed by atoms with E-state index in [-0.39, 0.29) is 11.8 Å². The first-order valence-corrected chi connectivity index (χ1v) is 3.69. The van der Waals surface area contributed by atoms with Crippen molar-refractivity contribution in [1.82, 2.24) is 25.9 Å². The van der Waals surface area contributed by atoms with Gasteiger partial charge >= 0.3 is 0 Å². The van der Waals surface area contributed by atoms with E-state index in [2.05, 4.69) is 20.6 Å². The Morgan fingerprint density at radius 1 is 1.14 bits per heavy atom. The van der Waals surface area contributed by atoms with E-state index in [9.17, 15) is 9.59 Å². The van der Waals surface area contributed by atoms with Crippen LogP contribution in [0.5, 0.6) is 0 Å². The molecule has 7 nitrogen and oxygen atoms in total. The Hall–Kier alpha value is -2.18. The summed E-state index contributed by atoms with van der Waals surface area (Å²) in [6.45, 7) is 1.81. The second-order valence-corrected chi connectivity index (χ2v) is 2.35. The SMILES string of the molecule is Cc1cnnnn1.O=C1C=CC(=O)N1. The van der Waals surface area contributed by atoms with E-state index >= 15 is 0 Å².